The van der Waals surface area contributed by atoms with E-state index >= 15 is 0 Å². The zero-order valence-electron chi connectivity index (χ0n) is 16.5. The van der Waals surface area contributed by atoms with Crippen LogP contribution in [0.15, 0.2) is 60.9 Å². The molecule has 6 rings (SSSR count). The number of hydrogen-bond donors (Lipinski definition) is 3. The van der Waals surface area contributed by atoms with E-state index < -0.39 is 0 Å². The number of aromatic nitrogens is 5. The van der Waals surface area contributed by atoms with Crippen molar-refractivity contribution in [2.24, 2.45) is 0 Å². The number of piperidine rings is 1. The molecule has 0 atom stereocenters. The van der Waals surface area contributed by atoms with Gasteiger partial charge in [-0.15, -0.1) is 0 Å². The lowest BCUT2D eigenvalue weighted by atomic mass is 9.94. The SMILES string of the molecule is c1cc(-c2ccncc2)c2cc(-c3n[nH]c4ccc(C5CCNCC5)nc34)[nH]c2c1. The van der Waals surface area contributed by atoms with E-state index in [0.717, 1.165) is 59.4 Å². The quantitative estimate of drug-likeness (QED) is 0.416. The van der Waals surface area contributed by atoms with Gasteiger partial charge in [-0.05, 0) is 73.5 Å². The molecule has 0 unspecified atom stereocenters. The number of nitrogens with zero attached hydrogens (tertiary/aromatic N) is 3. The maximum atomic E-state index is 5.04. The maximum absolute atomic E-state index is 5.04. The smallest absolute Gasteiger partial charge is 0.135 e. The van der Waals surface area contributed by atoms with E-state index in [-0.39, 0.29) is 0 Å². The van der Waals surface area contributed by atoms with Gasteiger partial charge in [-0.3, -0.25) is 10.1 Å². The normalized spacial score (nSPS) is 15.2. The Labute approximate surface area is 173 Å². The van der Waals surface area contributed by atoms with Crippen LogP contribution in [0.2, 0.25) is 0 Å². The monoisotopic (exact) mass is 394 g/mol. The molecule has 0 spiro atoms. The summed E-state index contributed by atoms with van der Waals surface area (Å²) in [5.74, 6) is 0.513. The summed E-state index contributed by atoms with van der Waals surface area (Å²) in [5, 5.41) is 12.4. The van der Waals surface area contributed by atoms with Crippen molar-refractivity contribution in [2.45, 2.75) is 18.8 Å². The van der Waals surface area contributed by atoms with E-state index in [9.17, 15) is 0 Å². The zero-order valence-corrected chi connectivity index (χ0v) is 16.5. The lowest BCUT2D eigenvalue weighted by Crippen LogP contribution is -2.27. The Morgan fingerprint density at radius 3 is 2.63 bits per heavy atom. The van der Waals surface area contributed by atoms with E-state index in [2.05, 4.69) is 61.9 Å². The van der Waals surface area contributed by atoms with E-state index in [4.69, 9.17) is 4.98 Å². The second-order valence-corrected chi connectivity index (χ2v) is 7.91. The molecule has 1 aliphatic heterocycles. The Kier molecular flexibility index (Phi) is 4.09. The highest BCUT2D eigenvalue weighted by atomic mass is 15.1. The molecule has 6 heteroatoms. The number of nitrogens with one attached hydrogen (secondary N) is 3. The third-order valence-electron chi connectivity index (χ3n) is 6.10. The van der Waals surface area contributed by atoms with E-state index in [0.29, 0.717) is 5.92 Å². The third kappa shape index (κ3) is 2.88. The summed E-state index contributed by atoms with van der Waals surface area (Å²) in [5.41, 5.74) is 8.34. The van der Waals surface area contributed by atoms with Gasteiger partial charge < -0.3 is 10.3 Å². The lowest BCUT2D eigenvalue weighted by molar-refractivity contribution is 0.454. The number of benzene rings is 1. The minimum absolute atomic E-state index is 0.513. The van der Waals surface area contributed by atoms with Gasteiger partial charge in [0.2, 0.25) is 0 Å². The molecule has 5 heterocycles. The summed E-state index contributed by atoms with van der Waals surface area (Å²) in [7, 11) is 0. The molecule has 1 aliphatic rings. The van der Waals surface area contributed by atoms with Gasteiger partial charge in [0.25, 0.3) is 0 Å². The molecule has 1 fully saturated rings. The van der Waals surface area contributed by atoms with E-state index in [1.807, 2.05) is 24.5 Å². The fourth-order valence-electron chi connectivity index (χ4n) is 4.51. The molecule has 0 saturated carbocycles. The Balaban J connectivity index is 1.47. The fourth-order valence-corrected chi connectivity index (χ4v) is 4.51. The summed E-state index contributed by atoms with van der Waals surface area (Å²) in [4.78, 5) is 12.7. The van der Waals surface area contributed by atoms with Gasteiger partial charge in [0.1, 0.15) is 11.2 Å². The maximum Gasteiger partial charge on any atom is 0.135 e. The highest BCUT2D eigenvalue weighted by Crippen LogP contribution is 2.34. The van der Waals surface area contributed by atoms with Crippen LogP contribution in [-0.2, 0) is 0 Å². The molecule has 5 aromatic rings. The van der Waals surface area contributed by atoms with Crippen LogP contribution in [0.4, 0.5) is 0 Å². The molecule has 1 saturated heterocycles. The molecular weight excluding hydrogens is 372 g/mol. The lowest BCUT2D eigenvalue weighted by Gasteiger charge is -2.22. The van der Waals surface area contributed by atoms with Crippen molar-refractivity contribution in [3.8, 4) is 22.5 Å². The predicted octanol–water partition coefficient (Wildman–Crippen LogP) is 4.64. The van der Waals surface area contributed by atoms with Crippen molar-refractivity contribution in [1.29, 1.82) is 0 Å². The van der Waals surface area contributed by atoms with E-state index in [1.165, 1.54) is 16.6 Å². The number of rotatable bonds is 3. The van der Waals surface area contributed by atoms with E-state index in [1.54, 1.807) is 0 Å². The van der Waals surface area contributed by atoms with Gasteiger partial charge in [0, 0.05) is 34.9 Å². The van der Waals surface area contributed by atoms with Crippen LogP contribution >= 0.6 is 0 Å². The molecule has 4 aromatic heterocycles. The van der Waals surface area contributed by atoms with Crippen molar-refractivity contribution >= 4 is 21.9 Å². The second-order valence-electron chi connectivity index (χ2n) is 7.91. The zero-order chi connectivity index (χ0) is 19.9. The van der Waals surface area contributed by atoms with Crippen LogP contribution in [0.25, 0.3) is 44.5 Å². The summed E-state index contributed by atoms with van der Waals surface area (Å²) >= 11 is 0. The van der Waals surface area contributed by atoms with Crippen LogP contribution in [0, 0.1) is 0 Å². The number of aromatic amines is 2. The first-order valence-electron chi connectivity index (χ1n) is 10.4. The summed E-state index contributed by atoms with van der Waals surface area (Å²) in [6.45, 7) is 2.12. The van der Waals surface area contributed by atoms with Crippen LogP contribution in [0.1, 0.15) is 24.5 Å². The van der Waals surface area contributed by atoms with Crippen molar-refractivity contribution in [3.63, 3.8) is 0 Å². The Bertz CT molecular complexity index is 1330. The first-order valence-corrected chi connectivity index (χ1v) is 10.4. The van der Waals surface area contributed by atoms with Gasteiger partial charge in [0.15, 0.2) is 0 Å². The van der Waals surface area contributed by atoms with Gasteiger partial charge in [-0.2, -0.15) is 5.10 Å². The number of hydrogen-bond acceptors (Lipinski definition) is 4. The minimum atomic E-state index is 0.513. The molecule has 6 nitrogen and oxygen atoms in total. The molecular formula is C24H22N6. The van der Waals surface area contributed by atoms with Crippen LogP contribution in [-0.4, -0.2) is 38.2 Å². The number of pyridine rings is 2. The third-order valence-corrected chi connectivity index (χ3v) is 6.10. The largest absolute Gasteiger partial charge is 0.353 e. The van der Waals surface area contributed by atoms with Crippen LogP contribution in [0.3, 0.4) is 0 Å². The van der Waals surface area contributed by atoms with Crippen molar-refractivity contribution in [3.05, 3.63) is 66.6 Å². The van der Waals surface area contributed by atoms with Crippen molar-refractivity contribution < 1.29 is 0 Å². The Morgan fingerprint density at radius 2 is 1.77 bits per heavy atom. The van der Waals surface area contributed by atoms with Gasteiger partial charge in [-0.1, -0.05) is 12.1 Å². The Morgan fingerprint density at radius 1 is 0.900 bits per heavy atom. The Hall–Kier alpha value is -3.51. The minimum Gasteiger partial charge on any atom is -0.353 e. The average Bonchev–Trinajstić information content (AvgIpc) is 3.43. The topological polar surface area (TPSA) is 82.3 Å². The molecule has 1 aromatic carbocycles. The molecule has 148 valence electrons. The molecule has 0 amide bonds. The summed E-state index contributed by atoms with van der Waals surface area (Å²) in [6.07, 6.45) is 5.92. The van der Waals surface area contributed by atoms with Gasteiger partial charge in [-0.25, -0.2) is 4.98 Å². The molecule has 0 bridgehead atoms. The second kappa shape index (κ2) is 7.07. The molecule has 0 aliphatic carbocycles. The highest BCUT2D eigenvalue weighted by Gasteiger charge is 2.19. The van der Waals surface area contributed by atoms with Crippen LogP contribution < -0.4 is 5.32 Å². The summed E-state index contributed by atoms with van der Waals surface area (Å²) < 4.78 is 0. The first kappa shape index (κ1) is 17.4. The molecule has 0 radical (unpaired) electrons. The van der Waals surface area contributed by atoms with Gasteiger partial charge >= 0.3 is 0 Å². The first-order chi connectivity index (χ1) is 14.9. The van der Waals surface area contributed by atoms with Crippen LogP contribution in [0.5, 0.6) is 0 Å². The van der Waals surface area contributed by atoms with Crippen molar-refractivity contribution in [2.75, 3.05) is 13.1 Å². The average molecular weight is 394 g/mol. The molecule has 30 heavy (non-hydrogen) atoms. The molecule has 3 N–H and O–H groups in total. The van der Waals surface area contributed by atoms with Gasteiger partial charge in [0.05, 0.1) is 11.2 Å². The number of fused-ring (bicyclic) bond motifs is 2. The highest BCUT2D eigenvalue weighted by molar-refractivity contribution is 6.00. The van der Waals surface area contributed by atoms with Crippen molar-refractivity contribution in [1.82, 2.24) is 30.5 Å². The predicted molar refractivity (Wildman–Crippen MR) is 119 cm³/mol. The number of H-pyrrole nitrogens is 2. The fraction of sp³-hybridized carbons (Fsp3) is 0.208. The standard InChI is InChI=1S/C24H22N6/c1-2-17(15-6-10-25-11-7-15)18-14-22(27-20(18)3-1)24-23-21(29-30-24)5-4-19(28-23)16-8-12-26-13-9-16/h1-7,10-11,14,16,26-27H,8-9,12-13H2,(H,29,30). The summed E-state index contributed by atoms with van der Waals surface area (Å²) in [6, 6.07) is 16.8.